The van der Waals surface area contributed by atoms with Gasteiger partial charge < -0.3 is 14.6 Å². The van der Waals surface area contributed by atoms with Crippen molar-refractivity contribution in [2.75, 3.05) is 33.2 Å². The van der Waals surface area contributed by atoms with Gasteiger partial charge in [0.2, 0.25) is 5.91 Å². The monoisotopic (exact) mass is 305 g/mol. The number of nitrogens with zero attached hydrogens (tertiary/aromatic N) is 2. The molecule has 1 aromatic heterocycles. The van der Waals surface area contributed by atoms with Crippen LogP contribution in [0.3, 0.4) is 0 Å². The molecule has 0 aliphatic carbocycles. The quantitative estimate of drug-likeness (QED) is 0.908. The number of carbonyl (C=O) groups excluding carboxylic acids is 2. The van der Waals surface area contributed by atoms with E-state index in [1.807, 2.05) is 4.90 Å². The first kappa shape index (κ1) is 15.1. The van der Waals surface area contributed by atoms with Crippen molar-refractivity contribution in [3.63, 3.8) is 0 Å². The lowest BCUT2D eigenvalue weighted by molar-refractivity contribution is -0.123. The lowest BCUT2D eigenvalue weighted by Crippen LogP contribution is -2.55. The standard InChI is InChI=1S/C16H23N3O3/c1-17-14(20)11-19-7-2-4-16(19)5-8-18(9-6-16)15(21)13-3-10-22-12-13/h3,10,12H,2,4-9,11H2,1H3,(H,17,20). The molecule has 22 heavy (non-hydrogen) atoms. The highest BCUT2D eigenvalue weighted by atomic mass is 16.3. The third kappa shape index (κ3) is 2.75. The molecule has 120 valence electrons. The van der Waals surface area contributed by atoms with E-state index in [4.69, 9.17) is 4.42 Å². The van der Waals surface area contributed by atoms with E-state index in [1.54, 1.807) is 13.1 Å². The third-order valence-corrected chi connectivity index (χ3v) is 5.10. The fraction of sp³-hybridized carbons (Fsp3) is 0.625. The van der Waals surface area contributed by atoms with E-state index in [9.17, 15) is 9.59 Å². The van der Waals surface area contributed by atoms with Crippen molar-refractivity contribution in [1.82, 2.24) is 15.1 Å². The molecular weight excluding hydrogens is 282 g/mol. The van der Waals surface area contributed by atoms with Crippen molar-refractivity contribution in [1.29, 1.82) is 0 Å². The van der Waals surface area contributed by atoms with Gasteiger partial charge in [-0.1, -0.05) is 0 Å². The zero-order valence-electron chi connectivity index (χ0n) is 13.0. The first-order chi connectivity index (χ1) is 10.6. The summed E-state index contributed by atoms with van der Waals surface area (Å²) in [6.07, 6.45) is 7.16. The van der Waals surface area contributed by atoms with E-state index in [2.05, 4.69) is 10.2 Å². The fourth-order valence-corrected chi connectivity index (χ4v) is 3.75. The number of nitrogens with one attached hydrogen (secondary N) is 1. The van der Waals surface area contributed by atoms with Gasteiger partial charge in [0.15, 0.2) is 0 Å². The van der Waals surface area contributed by atoms with Crippen LogP contribution in [-0.2, 0) is 4.79 Å². The summed E-state index contributed by atoms with van der Waals surface area (Å²) >= 11 is 0. The predicted octanol–water partition coefficient (Wildman–Crippen LogP) is 1.10. The van der Waals surface area contributed by atoms with Crippen LogP contribution in [-0.4, -0.2) is 60.4 Å². The zero-order chi connectivity index (χ0) is 15.6. The minimum atomic E-state index is 0.0412. The molecular formula is C16H23N3O3. The fourth-order valence-electron chi connectivity index (χ4n) is 3.75. The Morgan fingerprint density at radius 1 is 1.27 bits per heavy atom. The van der Waals surface area contributed by atoms with Crippen LogP contribution in [0, 0.1) is 0 Å². The van der Waals surface area contributed by atoms with Crippen LogP contribution in [0.4, 0.5) is 0 Å². The molecule has 3 heterocycles. The van der Waals surface area contributed by atoms with Crippen molar-refractivity contribution in [3.8, 4) is 0 Å². The maximum absolute atomic E-state index is 12.4. The van der Waals surface area contributed by atoms with Gasteiger partial charge in [-0.25, -0.2) is 0 Å². The molecule has 2 aliphatic heterocycles. The van der Waals surface area contributed by atoms with Crippen LogP contribution >= 0.6 is 0 Å². The lowest BCUT2D eigenvalue weighted by Gasteiger charge is -2.44. The summed E-state index contributed by atoms with van der Waals surface area (Å²) in [6.45, 7) is 2.93. The number of hydrogen-bond donors (Lipinski definition) is 1. The molecule has 6 heteroatoms. The van der Waals surface area contributed by atoms with Crippen LogP contribution in [0.15, 0.2) is 23.0 Å². The first-order valence-corrected chi connectivity index (χ1v) is 7.92. The van der Waals surface area contributed by atoms with Gasteiger partial charge in [-0.2, -0.15) is 0 Å². The number of carbonyl (C=O) groups is 2. The van der Waals surface area contributed by atoms with Crippen LogP contribution in [0.25, 0.3) is 0 Å². The Balaban J connectivity index is 1.62. The Labute approximate surface area is 130 Å². The average Bonchev–Trinajstić information content (AvgIpc) is 3.19. The molecule has 0 saturated carbocycles. The summed E-state index contributed by atoms with van der Waals surface area (Å²) < 4.78 is 4.99. The second-order valence-corrected chi connectivity index (χ2v) is 6.23. The van der Waals surface area contributed by atoms with Crippen LogP contribution in [0.2, 0.25) is 0 Å². The molecule has 0 bridgehead atoms. The van der Waals surface area contributed by atoms with Crippen molar-refractivity contribution in [2.24, 2.45) is 0 Å². The number of hydrogen-bond acceptors (Lipinski definition) is 4. The Hall–Kier alpha value is -1.82. The number of likely N-dealkylation sites (tertiary alicyclic amines) is 2. The summed E-state index contributed by atoms with van der Waals surface area (Å²) in [7, 11) is 1.68. The topological polar surface area (TPSA) is 65.8 Å². The summed E-state index contributed by atoms with van der Waals surface area (Å²) in [5, 5.41) is 2.70. The molecule has 6 nitrogen and oxygen atoms in total. The van der Waals surface area contributed by atoms with Gasteiger partial charge in [0.1, 0.15) is 6.26 Å². The molecule has 0 atom stereocenters. The van der Waals surface area contributed by atoms with Crippen LogP contribution < -0.4 is 5.32 Å². The molecule has 2 aliphatic rings. The largest absolute Gasteiger partial charge is 0.472 e. The molecule has 1 aromatic rings. The number of furan rings is 1. The van der Waals surface area contributed by atoms with Gasteiger partial charge in [0.25, 0.3) is 5.91 Å². The second kappa shape index (κ2) is 6.12. The number of likely N-dealkylation sites (N-methyl/N-ethyl adjacent to an activating group) is 1. The van der Waals surface area contributed by atoms with E-state index in [1.165, 1.54) is 12.5 Å². The molecule has 2 fully saturated rings. The predicted molar refractivity (Wildman–Crippen MR) is 81.5 cm³/mol. The highest BCUT2D eigenvalue weighted by Crippen LogP contribution is 2.38. The van der Waals surface area contributed by atoms with Crippen LogP contribution in [0.1, 0.15) is 36.0 Å². The molecule has 0 radical (unpaired) electrons. The van der Waals surface area contributed by atoms with Gasteiger partial charge in [0.05, 0.1) is 18.4 Å². The van der Waals surface area contributed by atoms with Gasteiger partial charge in [0, 0.05) is 25.7 Å². The molecule has 2 saturated heterocycles. The minimum absolute atomic E-state index is 0.0412. The Bertz CT molecular complexity index is 533. The molecule has 3 rings (SSSR count). The highest BCUT2D eigenvalue weighted by Gasteiger charge is 2.44. The SMILES string of the molecule is CNC(=O)CN1CCCC12CCN(C(=O)c1ccoc1)CC2. The Morgan fingerprint density at radius 2 is 2.05 bits per heavy atom. The summed E-state index contributed by atoms with van der Waals surface area (Å²) in [4.78, 5) is 28.3. The van der Waals surface area contributed by atoms with Crippen LogP contribution in [0.5, 0.6) is 0 Å². The van der Waals surface area contributed by atoms with Gasteiger partial charge >= 0.3 is 0 Å². The highest BCUT2D eigenvalue weighted by molar-refractivity contribution is 5.93. The van der Waals surface area contributed by atoms with E-state index >= 15 is 0 Å². The van der Waals surface area contributed by atoms with E-state index in [0.29, 0.717) is 12.1 Å². The number of amides is 2. The summed E-state index contributed by atoms with van der Waals surface area (Å²) in [6, 6.07) is 1.71. The van der Waals surface area contributed by atoms with Gasteiger partial charge in [-0.3, -0.25) is 14.5 Å². The summed E-state index contributed by atoms with van der Waals surface area (Å²) in [5.74, 6) is 0.109. The van der Waals surface area contributed by atoms with Gasteiger partial charge in [-0.05, 0) is 38.3 Å². The Morgan fingerprint density at radius 3 is 2.68 bits per heavy atom. The normalized spacial score (nSPS) is 21.2. The molecule has 0 aromatic carbocycles. The molecule has 1 N–H and O–H groups in total. The maximum atomic E-state index is 12.4. The Kier molecular flexibility index (Phi) is 4.20. The zero-order valence-corrected chi connectivity index (χ0v) is 13.0. The molecule has 0 unspecified atom stereocenters. The minimum Gasteiger partial charge on any atom is -0.472 e. The molecule has 1 spiro atoms. The number of rotatable bonds is 3. The second-order valence-electron chi connectivity index (χ2n) is 6.23. The molecule has 2 amide bonds. The summed E-state index contributed by atoms with van der Waals surface area (Å²) in [5.41, 5.74) is 0.712. The van der Waals surface area contributed by atoms with E-state index in [0.717, 1.165) is 45.3 Å². The maximum Gasteiger partial charge on any atom is 0.257 e. The lowest BCUT2D eigenvalue weighted by atomic mass is 9.84. The number of piperidine rings is 1. The smallest absolute Gasteiger partial charge is 0.257 e. The van der Waals surface area contributed by atoms with Gasteiger partial charge in [-0.15, -0.1) is 0 Å². The van der Waals surface area contributed by atoms with Crippen molar-refractivity contribution < 1.29 is 14.0 Å². The van der Waals surface area contributed by atoms with E-state index in [-0.39, 0.29) is 17.4 Å². The van der Waals surface area contributed by atoms with Crippen molar-refractivity contribution in [2.45, 2.75) is 31.2 Å². The van der Waals surface area contributed by atoms with Crippen molar-refractivity contribution in [3.05, 3.63) is 24.2 Å². The third-order valence-electron chi connectivity index (χ3n) is 5.10. The van der Waals surface area contributed by atoms with Crippen molar-refractivity contribution >= 4 is 11.8 Å². The van der Waals surface area contributed by atoms with E-state index < -0.39 is 0 Å². The average molecular weight is 305 g/mol. The first-order valence-electron chi connectivity index (χ1n) is 7.92.